The molecule has 0 saturated carbocycles. The van der Waals surface area contributed by atoms with Gasteiger partial charge in [0, 0.05) is 28.8 Å². The number of methoxy groups -OCH3 is 1. The van der Waals surface area contributed by atoms with Crippen LogP contribution in [0, 0.1) is 0 Å². The minimum absolute atomic E-state index is 0.267. The lowest BCUT2D eigenvalue weighted by molar-refractivity contribution is 0.0950. The van der Waals surface area contributed by atoms with Crippen molar-refractivity contribution in [1.29, 1.82) is 0 Å². The highest BCUT2D eigenvalue weighted by atomic mass is 32.2. The molecule has 1 amide bonds. The molecule has 2 rings (SSSR count). The molecule has 7 heteroatoms. The fourth-order valence-electron chi connectivity index (χ4n) is 1.81. The number of aromatic nitrogens is 1. The number of carbonyl (C=O) groups is 1. The standard InChI is InChI=1S/C15H14F2N2O2S/c1-21-14-11(3-2-8-18-14)9-19-13(20)10-4-6-12(7-5-10)22-15(16)17/h2-8,15H,9H2,1H3,(H,19,20). The van der Waals surface area contributed by atoms with Gasteiger partial charge in [-0.05, 0) is 30.3 Å². The fourth-order valence-corrected chi connectivity index (χ4v) is 2.31. The summed E-state index contributed by atoms with van der Waals surface area (Å²) >= 11 is 0.444. The van der Waals surface area contributed by atoms with Gasteiger partial charge in [0.15, 0.2) is 0 Å². The Morgan fingerprint density at radius 2 is 2.05 bits per heavy atom. The van der Waals surface area contributed by atoms with Crippen molar-refractivity contribution >= 4 is 17.7 Å². The molecule has 0 atom stereocenters. The number of rotatable bonds is 6. The van der Waals surface area contributed by atoms with Gasteiger partial charge in [-0.15, -0.1) is 0 Å². The fraction of sp³-hybridized carbons (Fsp3) is 0.200. The Morgan fingerprint density at radius 3 is 2.68 bits per heavy atom. The second-order valence-corrected chi connectivity index (χ2v) is 5.32. The van der Waals surface area contributed by atoms with Crippen LogP contribution < -0.4 is 10.1 Å². The van der Waals surface area contributed by atoms with Crippen molar-refractivity contribution in [3.63, 3.8) is 0 Å². The van der Waals surface area contributed by atoms with Crippen LogP contribution in [0.15, 0.2) is 47.5 Å². The van der Waals surface area contributed by atoms with Crippen LogP contribution in [0.2, 0.25) is 0 Å². The molecule has 4 nitrogen and oxygen atoms in total. The lowest BCUT2D eigenvalue weighted by Gasteiger charge is -2.09. The van der Waals surface area contributed by atoms with Crippen LogP contribution in [0.25, 0.3) is 0 Å². The Bertz CT molecular complexity index is 636. The highest BCUT2D eigenvalue weighted by Gasteiger charge is 2.10. The lowest BCUT2D eigenvalue weighted by atomic mass is 10.2. The lowest BCUT2D eigenvalue weighted by Crippen LogP contribution is -2.23. The van der Waals surface area contributed by atoms with Crippen molar-refractivity contribution in [3.05, 3.63) is 53.7 Å². The number of hydrogen-bond acceptors (Lipinski definition) is 4. The number of amides is 1. The Labute approximate surface area is 130 Å². The molecule has 0 fully saturated rings. The molecule has 0 saturated heterocycles. The average molecular weight is 324 g/mol. The summed E-state index contributed by atoms with van der Waals surface area (Å²) in [6.45, 7) is 0.267. The predicted molar refractivity (Wildman–Crippen MR) is 80.3 cm³/mol. The number of pyridine rings is 1. The van der Waals surface area contributed by atoms with Crippen LogP contribution in [0.1, 0.15) is 15.9 Å². The van der Waals surface area contributed by atoms with Gasteiger partial charge >= 0.3 is 0 Å². The van der Waals surface area contributed by atoms with Crippen molar-refractivity contribution in [2.45, 2.75) is 17.2 Å². The third-order valence-electron chi connectivity index (χ3n) is 2.82. The van der Waals surface area contributed by atoms with Crippen molar-refractivity contribution in [2.75, 3.05) is 7.11 Å². The maximum Gasteiger partial charge on any atom is 0.288 e. The molecule has 116 valence electrons. The molecule has 0 aliphatic heterocycles. The molecule has 1 aromatic heterocycles. The van der Waals surface area contributed by atoms with E-state index in [-0.39, 0.29) is 12.5 Å². The SMILES string of the molecule is COc1ncccc1CNC(=O)c1ccc(SC(F)F)cc1. The van der Waals surface area contributed by atoms with Crippen molar-refractivity contribution < 1.29 is 18.3 Å². The summed E-state index contributed by atoms with van der Waals surface area (Å²) in [5.41, 5.74) is 1.16. The van der Waals surface area contributed by atoms with Gasteiger partial charge in [-0.2, -0.15) is 8.78 Å². The molecule has 0 radical (unpaired) electrons. The molecule has 0 unspecified atom stereocenters. The number of benzene rings is 1. The number of nitrogens with zero attached hydrogens (tertiary/aromatic N) is 1. The first-order valence-electron chi connectivity index (χ1n) is 6.41. The van der Waals surface area contributed by atoms with Crippen molar-refractivity contribution in [1.82, 2.24) is 10.3 Å². The van der Waals surface area contributed by atoms with Crippen molar-refractivity contribution in [2.24, 2.45) is 0 Å². The average Bonchev–Trinajstić information content (AvgIpc) is 2.53. The number of ether oxygens (including phenoxy) is 1. The van der Waals surface area contributed by atoms with Gasteiger partial charge in [-0.3, -0.25) is 4.79 Å². The van der Waals surface area contributed by atoms with Crippen LogP contribution in [-0.2, 0) is 6.54 Å². The van der Waals surface area contributed by atoms with E-state index in [0.29, 0.717) is 28.1 Å². The minimum Gasteiger partial charge on any atom is -0.481 e. The van der Waals surface area contributed by atoms with E-state index in [9.17, 15) is 13.6 Å². The zero-order chi connectivity index (χ0) is 15.9. The number of alkyl halides is 2. The second kappa shape index (κ2) is 7.74. The highest BCUT2D eigenvalue weighted by molar-refractivity contribution is 7.99. The number of thioether (sulfide) groups is 1. The van der Waals surface area contributed by atoms with Crippen LogP contribution >= 0.6 is 11.8 Å². The molecule has 0 spiro atoms. The highest BCUT2D eigenvalue weighted by Crippen LogP contribution is 2.25. The van der Waals surface area contributed by atoms with Gasteiger partial charge in [0.05, 0.1) is 7.11 Å². The first-order valence-corrected chi connectivity index (χ1v) is 7.29. The third kappa shape index (κ3) is 4.42. The third-order valence-corrected chi connectivity index (χ3v) is 3.55. The Kier molecular flexibility index (Phi) is 5.71. The molecular weight excluding hydrogens is 310 g/mol. The van der Waals surface area contributed by atoms with Gasteiger partial charge in [0.1, 0.15) is 0 Å². The quantitative estimate of drug-likeness (QED) is 0.828. The molecule has 0 aliphatic carbocycles. The first kappa shape index (κ1) is 16.2. The Hall–Kier alpha value is -2.15. The van der Waals surface area contributed by atoms with E-state index < -0.39 is 5.76 Å². The molecule has 22 heavy (non-hydrogen) atoms. The molecule has 1 N–H and O–H groups in total. The Morgan fingerprint density at radius 1 is 1.32 bits per heavy atom. The van der Waals surface area contributed by atoms with E-state index in [1.54, 1.807) is 18.3 Å². The number of hydrogen-bond donors (Lipinski definition) is 1. The summed E-state index contributed by atoms with van der Waals surface area (Å²) in [6.07, 6.45) is 1.60. The molecular formula is C15H14F2N2O2S. The van der Waals surface area contributed by atoms with E-state index >= 15 is 0 Å². The summed E-state index contributed by atoms with van der Waals surface area (Å²) in [5, 5.41) is 2.74. The van der Waals surface area contributed by atoms with Gasteiger partial charge in [0.25, 0.3) is 11.7 Å². The van der Waals surface area contributed by atoms with Gasteiger partial charge in [-0.1, -0.05) is 17.8 Å². The summed E-state index contributed by atoms with van der Waals surface area (Å²) in [6, 6.07) is 9.57. The first-order chi connectivity index (χ1) is 10.6. The monoisotopic (exact) mass is 324 g/mol. The largest absolute Gasteiger partial charge is 0.481 e. The van der Waals surface area contributed by atoms with Gasteiger partial charge < -0.3 is 10.1 Å². The van der Waals surface area contributed by atoms with E-state index in [1.807, 2.05) is 0 Å². The topological polar surface area (TPSA) is 51.2 Å². The van der Waals surface area contributed by atoms with E-state index in [4.69, 9.17) is 4.74 Å². The number of halogens is 2. The van der Waals surface area contributed by atoms with Crippen LogP contribution in [0.3, 0.4) is 0 Å². The van der Waals surface area contributed by atoms with Crippen LogP contribution in [-0.4, -0.2) is 23.8 Å². The predicted octanol–water partition coefficient (Wildman–Crippen LogP) is 3.33. The number of carbonyl (C=O) groups excluding carboxylic acids is 1. The van der Waals surface area contributed by atoms with E-state index in [1.165, 1.54) is 31.4 Å². The van der Waals surface area contributed by atoms with Crippen molar-refractivity contribution in [3.8, 4) is 5.88 Å². The van der Waals surface area contributed by atoms with Crippen LogP contribution in [0.4, 0.5) is 8.78 Å². The molecule has 2 aromatic rings. The Balaban J connectivity index is 1.97. The summed E-state index contributed by atoms with van der Waals surface area (Å²) in [5.74, 6) is -2.32. The summed E-state index contributed by atoms with van der Waals surface area (Å²) < 4.78 is 29.6. The zero-order valence-corrected chi connectivity index (χ0v) is 12.6. The zero-order valence-electron chi connectivity index (χ0n) is 11.8. The van der Waals surface area contributed by atoms with Gasteiger partial charge in [0.2, 0.25) is 5.88 Å². The molecule has 1 heterocycles. The smallest absolute Gasteiger partial charge is 0.288 e. The molecule has 0 aliphatic rings. The number of nitrogens with one attached hydrogen (secondary N) is 1. The summed E-state index contributed by atoms with van der Waals surface area (Å²) in [7, 11) is 1.51. The molecule has 1 aromatic carbocycles. The molecule has 0 bridgehead atoms. The normalized spacial score (nSPS) is 10.5. The maximum absolute atomic E-state index is 12.2. The minimum atomic E-state index is -2.47. The second-order valence-electron chi connectivity index (χ2n) is 4.26. The van der Waals surface area contributed by atoms with E-state index in [2.05, 4.69) is 10.3 Å². The maximum atomic E-state index is 12.2. The van der Waals surface area contributed by atoms with E-state index in [0.717, 1.165) is 5.56 Å². The van der Waals surface area contributed by atoms with Gasteiger partial charge in [-0.25, -0.2) is 4.98 Å². The van der Waals surface area contributed by atoms with Crippen LogP contribution in [0.5, 0.6) is 5.88 Å². The summed E-state index contributed by atoms with van der Waals surface area (Å²) in [4.78, 5) is 16.5.